The van der Waals surface area contributed by atoms with Crippen molar-refractivity contribution < 1.29 is 4.92 Å². The smallest absolute Gasteiger partial charge is 0.258 e. The van der Waals surface area contributed by atoms with Crippen LogP contribution in [-0.2, 0) is 5.33 Å². The predicted octanol–water partition coefficient (Wildman–Crippen LogP) is 3.82. The second kappa shape index (κ2) is 6.54. The van der Waals surface area contributed by atoms with Crippen LogP contribution < -0.4 is 0 Å². The number of nitro groups is 1. The summed E-state index contributed by atoms with van der Waals surface area (Å²) in [6, 6.07) is 5.21. The predicted molar refractivity (Wildman–Crippen MR) is 61.8 cm³/mol. The number of hydrogen-bond donors (Lipinski definition) is 0. The van der Waals surface area contributed by atoms with E-state index in [2.05, 4.69) is 15.9 Å². The molecule has 0 amide bonds. The maximum absolute atomic E-state index is 10.5. The first kappa shape index (κ1) is 13.1. The van der Waals surface area contributed by atoms with Gasteiger partial charge in [0.15, 0.2) is 0 Å². The lowest BCUT2D eigenvalue weighted by Gasteiger charge is -1.99. The molecular formula is C10H14BrNO2. The summed E-state index contributed by atoms with van der Waals surface area (Å²) in [5.41, 5.74) is 1.81. The monoisotopic (exact) mass is 259 g/mol. The zero-order valence-electron chi connectivity index (χ0n) is 8.58. The normalized spacial score (nSPS) is 8.86. The van der Waals surface area contributed by atoms with Crippen LogP contribution in [0.2, 0.25) is 0 Å². The van der Waals surface area contributed by atoms with Crippen molar-refractivity contribution in [3.05, 3.63) is 39.4 Å². The van der Waals surface area contributed by atoms with Gasteiger partial charge in [-0.25, -0.2) is 0 Å². The average Bonchev–Trinajstić information content (AvgIpc) is 2.20. The Morgan fingerprint density at radius 3 is 2.43 bits per heavy atom. The molecule has 1 aromatic rings. The van der Waals surface area contributed by atoms with Crippen LogP contribution in [0, 0.1) is 17.0 Å². The summed E-state index contributed by atoms with van der Waals surface area (Å²) in [6.07, 6.45) is 0. The van der Waals surface area contributed by atoms with E-state index in [9.17, 15) is 10.1 Å². The van der Waals surface area contributed by atoms with Gasteiger partial charge in [-0.1, -0.05) is 41.9 Å². The van der Waals surface area contributed by atoms with E-state index in [-0.39, 0.29) is 10.6 Å². The molecule has 0 unspecified atom stereocenters. The first-order chi connectivity index (χ1) is 6.65. The molecule has 0 saturated carbocycles. The molecule has 0 N–H and O–H groups in total. The Morgan fingerprint density at radius 2 is 2.00 bits per heavy atom. The van der Waals surface area contributed by atoms with Gasteiger partial charge < -0.3 is 0 Å². The fourth-order valence-electron chi connectivity index (χ4n) is 0.957. The largest absolute Gasteiger partial charge is 0.273 e. The van der Waals surface area contributed by atoms with E-state index < -0.39 is 0 Å². The van der Waals surface area contributed by atoms with Gasteiger partial charge in [-0.2, -0.15) is 0 Å². The van der Waals surface area contributed by atoms with Gasteiger partial charge in [0, 0.05) is 17.0 Å². The van der Waals surface area contributed by atoms with E-state index >= 15 is 0 Å². The molecule has 0 aliphatic heterocycles. The standard InChI is InChI=1S/C8H8BrNO2.C2H6/c1-6-2-3-7(5-9)8(4-6)10(11)12;1-2/h2-4H,5H2,1H3;1-2H3. The van der Waals surface area contributed by atoms with Gasteiger partial charge >= 0.3 is 0 Å². The van der Waals surface area contributed by atoms with Crippen molar-refractivity contribution in [1.82, 2.24) is 0 Å². The molecular weight excluding hydrogens is 246 g/mol. The van der Waals surface area contributed by atoms with Crippen LogP contribution in [0.3, 0.4) is 0 Å². The molecule has 78 valence electrons. The number of aryl methyl sites for hydroxylation is 1. The van der Waals surface area contributed by atoms with E-state index in [0.717, 1.165) is 5.56 Å². The van der Waals surface area contributed by atoms with Crippen molar-refractivity contribution in [2.75, 3.05) is 0 Å². The van der Waals surface area contributed by atoms with Crippen LogP contribution >= 0.6 is 15.9 Å². The lowest BCUT2D eigenvalue weighted by atomic mass is 10.1. The first-order valence-corrected chi connectivity index (χ1v) is 5.57. The molecule has 0 bridgehead atoms. The van der Waals surface area contributed by atoms with Crippen LogP contribution in [0.25, 0.3) is 0 Å². The number of nitro benzene ring substituents is 1. The zero-order chi connectivity index (χ0) is 11.1. The number of halogens is 1. The highest BCUT2D eigenvalue weighted by molar-refractivity contribution is 9.08. The number of rotatable bonds is 2. The Bertz CT molecular complexity index is 313. The zero-order valence-corrected chi connectivity index (χ0v) is 10.2. The minimum absolute atomic E-state index is 0.187. The molecule has 0 spiro atoms. The number of nitrogens with zero attached hydrogens (tertiary/aromatic N) is 1. The minimum atomic E-state index is -0.358. The molecule has 14 heavy (non-hydrogen) atoms. The van der Waals surface area contributed by atoms with Crippen molar-refractivity contribution in [2.45, 2.75) is 26.1 Å². The number of benzene rings is 1. The molecule has 1 aromatic carbocycles. The molecule has 0 fully saturated rings. The van der Waals surface area contributed by atoms with Crippen LogP contribution in [-0.4, -0.2) is 4.92 Å². The van der Waals surface area contributed by atoms with E-state index in [0.29, 0.717) is 10.9 Å². The summed E-state index contributed by atoms with van der Waals surface area (Å²) < 4.78 is 0. The third-order valence-corrected chi connectivity index (χ3v) is 2.19. The van der Waals surface area contributed by atoms with Crippen LogP contribution in [0.5, 0.6) is 0 Å². The Labute approximate surface area is 92.4 Å². The van der Waals surface area contributed by atoms with Crippen molar-refractivity contribution in [2.24, 2.45) is 0 Å². The highest BCUT2D eigenvalue weighted by Crippen LogP contribution is 2.21. The highest BCUT2D eigenvalue weighted by Gasteiger charge is 2.11. The summed E-state index contributed by atoms with van der Waals surface area (Å²) in [5.74, 6) is 0. The van der Waals surface area contributed by atoms with Gasteiger partial charge in [0.2, 0.25) is 0 Å². The SMILES string of the molecule is CC.Cc1ccc(CBr)c([N+](=O)[O-])c1. The van der Waals surface area contributed by atoms with Gasteiger partial charge in [-0.3, -0.25) is 10.1 Å². The van der Waals surface area contributed by atoms with Gasteiger partial charge in [0.05, 0.1) is 4.92 Å². The highest BCUT2D eigenvalue weighted by atomic mass is 79.9. The van der Waals surface area contributed by atoms with Gasteiger partial charge in [-0.05, 0) is 12.5 Å². The summed E-state index contributed by atoms with van der Waals surface area (Å²) in [7, 11) is 0. The Kier molecular flexibility index (Phi) is 6.12. The topological polar surface area (TPSA) is 43.1 Å². The Morgan fingerprint density at radius 1 is 1.43 bits per heavy atom. The lowest BCUT2D eigenvalue weighted by molar-refractivity contribution is -0.385. The van der Waals surface area contributed by atoms with Crippen molar-refractivity contribution >= 4 is 21.6 Å². The average molecular weight is 260 g/mol. The minimum Gasteiger partial charge on any atom is -0.258 e. The Balaban J connectivity index is 0.000000791. The van der Waals surface area contributed by atoms with E-state index in [4.69, 9.17) is 0 Å². The summed E-state index contributed by atoms with van der Waals surface area (Å²) >= 11 is 3.20. The third-order valence-electron chi connectivity index (χ3n) is 1.58. The van der Waals surface area contributed by atoms with Crippen molar-refractivity contribution in [3.63, 3.8) is 0 Å². The maximum atomic E-state index is 10.5. The Hall–Kier alpha value is -0.900. The second-order valence-electron chi connectivity index (χ2n) is 2.52. The van der Waals surface area contributed by atoms with Crippen molar-refractivity contribution in [3.8, 4) is 0 Å². The van der Waals surface area contributed by atoms with E-state index in [1.807, 2.05) is 26.8 Å². The molecule has 3 nitrogen and oxygen atoms in total. The van der Waals surface area contributed by atoms with Crippen LogP contribution in [0.1, 0.15) is 25.0 Å². The molecule has 0 aliphatic rings. The quantitative estimate of drug-likeness (QED) is 0.460. The lowest BCUT2D eigenvalue weighted by Crippen LogP contribution is -1.93. The van der Waals surface area contributed by atoms with Crippen LogP contribution in [0.4, 0.5) is 5.69 Å². The van der Waals surface area contributed by atoms with Crippen LogP contribution in [0.15, 0.2) is 18.2 Å². The van der Waals surface area contributed by atoms with Crippen molar-refractivity contribution in [1.29, 1.82) is 0 Å². The maximum Gasteiger partial charge on any atom is 0.273 e. The molecule has 1 rings (SSSR count). The molecule has 0 aromatic heterocycles. The second-order valence-corrected chi connectivity index (χ2v) is 3.08. The van der Waals surface area contributed by atoms with Gasteiger partial charge in [-0.15, -0.1) is 0 Å². The van der Waals surface area contributed by atoms with E-state index in [1.165, 1.54) is 0 Å². The summed E-state index contributed by atoms with van der Waals surface area (Å²) in [6.45, 7) is 5.84. The molecule has 0 radical (unpaired) electrons. The fraction of sp³-hybridized carbons (Fsp3) is 0.400. The molecule has 0 saturated heterocycles. The van der Waals surface area contributed by atoms with Gasteiger partial charge in [0.1, 0.15) is 0 Å². The molecule has 0 atom stereocenters. The fourth-order valence-corrected chi connectivity index (χ4v) is 1.43. The van der Waals surface area contributed by atoms with E-state index in [1.54, 1.807) is 12.1 Å². The van der Waals surface area contributed by atoms with Gasteiger partial charge in [0.25, 0.3) is 5.69 Å². The molecule has 4 heteroatoms. The third kappa shape index (κ3) is 3.46. The molecule has 0 heterocycles. The summed E-state index contributed by atoms with van der Waals surface area (Å²) in [4.78, 5) is 10.2. The number of alkyl halides is 1. The summed E-state index contributed by atoms with van der Waals surface area (Å²) in [5, 5.41) is 11.0. The first-order valence-electron chi connectivity index (χ1n) is 4.45. The number of hydrogen-bond acceptors (Lipinski definition) is 2. The molecule has 0 aliphatic carbocycles.